The van der Waals surface area contributed by atoms with Gasteiger partial charge in [0.1, 0.15) is 5.16 Å². The Kier molecular flexibility index (Phi) is 5.99. The largest absolute Gasteiger partial charge is 0.381 e. The molecular weight excluding hydrogens is 329 g/mol. The highest BCUT2D eigenvalue weighted by atomic mass is 32.7. The molecule has 1 aliphatic rings. The zero-order chi connectivity index (χ0) is 17.1. The van der Waals surface area contributed by atoms with E-state index in [9.17, 15) is 9.36 Å². The SMILES string of the molecule is CCC(C)c1ccc(SP(C)(=O)C2(C(N)=O)CCOCC2)cc1. The predicted octanol–water partition coefficient (Wildman–Crippen LogP) is 4.23. The van der Waals surface area contributed by atoms with Crippen molar-refractivity contribution in [3.8, 4) is 0 Å². The Morgan fingerprint density at radius 1 is 1.35 bits per heavy atom. The zero-order valence-electron chi connectivity index (χ0n) is 14.1. The molecule has 0 aromatic heterocycles. The highest BCUT2D eigenvalue weighted by molar-refractivity contribution is 8.58. The van der Waals surface area contributed by atoms with Gasteiger partial charge in [-0.2, -0.15) is 0 Å². The molecular formula is C17H26NO3PS. The third-order valence-corrected chi connectivity index (χ3v) is 10.7. The number of carbonyl (C=O) groups excluding carboxylic acids is 1. The summed E-state index contributed by atoms with van der Waals surface area (Å²) in [5.74, 6) is 0.0466. The maximum Gasteiger partial charge on any atom is 0.232 e. The van der Waals surface area contributed by atoms with E-state index in [1.54, 1.807) is 6.66 Å². The topological polar surface area (TPSA) is 69.4 Å². The number of carbonyl (C=O) groups is 1. The van der Waals surface area contributed by atoms with Crippen molar-refractivity contribution in [3.05, 3.63) is 29.8 Å². The fourth-order valence-corrected chi connectivity index (χ4v) is 8.09. The lowest BCUT2D eigenvalue weighted by Gasteiger charge is -2.38. The third-order valence-electron chi connectivity index (χ3n) is 4.90. The van der Waals surface area contributed by atoms with E-state index in [0.717, 1.165) is 11.3 Å². The molecule has 2 atom stereocenters. The summed E-state index contributed by atoms with van der Waals surface area (Å²) in [6.07, 6.45) is -0.897. The predicted molar refractivity (Wildman–Crippen MR) is 96.5 cm³/mol. The number of amides is 1. The van der Waals surface area contributed by atoms with Crippen LogP contribution in [0.1, 0.15) is 44.6 Å². The average Bonchev–Trinajstić information content (AvgIpc) is 2.54. The molecule has 2 rings (SSSR count). The lowest BCUT2D eigenvalue weighted by molar-refractivity contribution is -0.122. The maximum atomic E-state index is 13.4. The number of primary amides is 1. The average molecular weight is 355 g/mol. The van der Waals surface area contributed by atoms with Gasteiger partial charge in [0, 0.05) is 18.1 Å². The number of benzene rings is 1. The smallest absolute Gasteiger partial charge is 0.232 e. The van der Waals surface area contributed by atoms with Crippen molar-refractivity contribution in [3.63, 3.8) is 0 Å². The number of rotatable bonds is 6. The lowest BCUT2D eigenvalue weighted by atomic mass is 9.98. The van der Waals surface area contributed by atoms with Crippen molar-refractivity contribution in [1.82, 2.24) is 0 Å². The molecule has 4 nitrogen and oxygen atoms in total. The second-order valence-corrected chi connectivity index (χ2v) is 12.2. The molecule has 0 spiro atoms. The van der Waals surface area contributed by atoms with Gasteiger partial charge in [-0.25, -0.2) is 0 Å². The standard InChI is InChI=1S/C17H26NO3PS/c1-4-13(2)14-5-7-15(8-6-14)23-22(3,20)17(16(18)19)9-11-21-12-10-17/h5-8,13H,4,9-12H2,1-3H3,(H2,18,19). The Bertz CT molecular complexity index is 596. The van der Waals surface area contributed by atoms with Crippen LogP contribution in [0, 0.1) is 0 Å². The van der Waals surface area contributed by atoms with Gasteiger partial charge >= 0.3 is 0 Å². The van der Waals surface area contributed by atoms with Gasteiger partial charge in [0.05, 0.1) is 0 Å². The Hall–Kier alpha value is -0.770. The van der Waals surface area contributed by atoms with Gasteiger partial charge in [0.25, 0.3) is 0 Å². The van der Waals surface area contributed by atoms with Crippen molar-refractivity contribution in [1.29, 1.82) is 0 Å². The van der Waals surface area contributed by atoms with Gasteiger partial charge in [-0.1, -0.05) is 37.4 Å². The van der Waals surface area contributed by atoms with Crippen molar-refractivity contribution >= 4 is 23.6 Å². The molecule has 1 aliphatic heterocycles. The van der Waals surface area contributed by atoms with E-state index in [0.29, 0.717) is 32.0 Å². The molecule has 0 radical (unpaired) electrons. The van der Waals surface area contributed by atoms with Crippen LogP contribution in [0.2, 0.25) is 0 Å². The number of hydrogen-bond donors (Lipinski definition) is 1. The summed E-state index contributed by atoms with van der Waals surface area (Å²) >= 11 is 1.31. The van der Waals surface area contributed by atoms with Gasteiger partial charge < -0.3 is 15.0 Å². The molecule has 128 valence electrons. The van der Waals surface area contributed by atoms with Crippen molar-refractivity contribution in [2.45, 2.75) is 49.1 Å². The first kappa shape index (κ1) is 18.6. The van der Waals surface area contributed by atoms with Crippen LogP contribution in [0.4, 0.5) is 0 Å². The fraction of sp³-hybridized carbons (Fsp3) is 0.588. The molecule has 1 aromatic carbocycles. The second-order valence-electron chi connectivity index (χ2n) is 6.32. The van der Waals surface area contributed by atoms with Crippen molar-refractivity contribution in [2.24, 2.45) is 5.73 Å². The normalized spacial score (nSPS) is 21.3. The second kappa shape index (κ2) is 7.42. The minimum Gasteiger partial charge on any atom is -0.381 e. The van der Waals surface area contributed by atoms with Crippen LogP contribution in [0.5, 0.6) is 0 Å². The summed E-state index contributed by atoms with van der Waals surface area (Å²) < 4.78 is 18.7. The van der Waals surface area contributed by atoms with Crippen LogP contribution >= 0.6 is 17.7 Å². The van der Waals surface area contributed by atoms with Crippen LogP contribution in [0.25, 0.3) is 0 Å². The molecule has 2 N–H and O–H groups in total. The van der Waals surface area contributed by atoms with Crippen molar-refractivity contribution < 1.29 is 14.1 Å². The van der Waals surface area contributed by atoms with Gasteiger partial charge in [0.2, 0.25) is 5.91 Å². The third kappa shape index (κ3) is 3.84. The lowest BCUT2D eigenvalue weighted by Crippen LogP contribution is -2.47. The van der Waals surface area contributed by atoms with Gasteiger partial charge in [0.15, 0.2) is 6.34 Å². The van der Waals surface area contributed by atoms with E-state index in [4.69, 9.17) is 10.5 Å². The number of hydrogen-bond acceptors (Lipinski definition) is 4. The highest BCUT2D eigenvalue weighted by Gasteiger charge is 2.51. The minimum atomic E-state index is -2.86. The maximum absolute atomic E-state index is 13.4. The molecule has 6 heteroatoms. The van der Waals surface area contributed by atoms with Gasteiger partial charge in [-0.05, 0) is 49.5 Å². The first-order chi connectivity index (χ1) is 10.8. The summed E-state index contributed by atoms with van der Waals surface area (Å²) in [4.78, 5) is 13.0. The summed E-state index contributed by atoms with van der Waals surface area (Å²) in [6, 6.07) is 8.15. The zero-order valence-corrected chi connectivity index (χ0v) is 15.8. The first-order valence-corrected chi connectivity index (χ1v) is 11.6. The Morgan fingerprint density at radius 2 is 1.91 bits per heavy atom. The van der Waals surface area contributed by atoms with Crippen LogP contribution in [0.3, 0.4) is 0 Å². The number of nitrogens with two attached hydrogens (primary N) is 1. The molecule has 0 aliphatic carbocycles. The van der Waals surface area contributed by atoms with Crippen LogP contribution in [0.15, 0.2) is 29.2 Å². The van der Waals surface area contributed by atoms with E-state index < -0.39 is 17.4 Å². The molecule has 1 amide bonds. The molecule has 1 aromatic rings. The van der Waals surface area contributed by atoms with Crippen LogP contribution < -0.4 is 5.73 Å². The summed E-state index contributed by atoms with van der Waals surface area (Å²) in [5.41, 5.74) is 6.92. The molecule has 1 saturated heterocycles. The molecule has 2 unspecified atom stereocenters. The van der Waals surface area contributed by atoms with Crippen molar-refractivity contribution in [2.75, 3.05) is 19.9 Å². The quantitative estimate of drug-likeness (QED) is 0.775. The molecule has 0 saturated carbocycles. The van der Waals surface area contributed by atoms with Gasteiger partial charge in [-0.3, -0.25) is 4.79 Å². The monoisotopic (exact) mass is 355 g/mol. The van der Waals surface area contributed by atoms with E-state index in [1.807, 2.05) is 12.1 Å². The highest BCUT2D eigenvalue weighted by Crippen LogP contribution is 2.70. The van der Waals surface area contributed by atoms with E-state index in [2.05, 4.69) is 26.0 Å². The summed E-state index contributed by atoms with van der Waals surface area (Å²) in [5, 5.41) is -0.953. The van der Waals surface area contributed by atoms with Crippen LogP contribution in [-0.2, 0) is 14.1 Å². The van der Waals surface area contributed by atoms with E-state index >= 15 is 0 Å². The molecule has 1 fully saturated rings. The minimum absolute atomic E-state index is 0.439. The van der Waals surface area contributed by atoms with E-state index in [-0.39, 0.29) is 0 Å². The van der Waals surface area contributed by atoms with E-state index in [1.165, 1.54) is 16.9 Å². The number of ether oxygens (including phenoxy) is 1. The fourth-order valence-electron chi connectivity index (χ4n) is 2.94. The summed E-state index contributed by atoms with van der Waals surface area (Å²) in [6.45, 7) is 6.92. The Balaban J connectivity index is 2.22. The Morgan fingerprint density at radius 3 is 2.39 bits per heavy atom. The van der Waals surface area contributed by atoms with Crippen LogP contribution in [-0.4, -0.2) is 30.9 Å². The van der Waals surface area contributed by atoms with Gasteiger partial charge in [-0.15, -0.1) is 0 Å². The molecule has 23 heavy (non-hydrogen) atoms. The summed E-state index contributed by atoms with van der Waals surface area (Å²) in [7, 11) is 0. The Labute approximate surface area is 142 Å². The first-order valence-electron chi connectivity index (χ1n) is 8.07. The molecule has 1 heterocycles. The molecule has 0 bridgehead atoms.